The Balaban J connectivity index is 1.49. The highest BCUT2D eigenvalue weighted by molar-refractivity contribution is 5.76. The Morgan fingerprint density at radius 3 is 2.65 bits per heavy atom. The van der Waals surface area contributed by atoms with E-state index in [2.05, 4.69) is 5.32 Å². The Kier molecular flexibility index (Phi) is 8.41. The number of carbonyl (C=O) groups excluding carboxylic acids is 2. The summed E-state index contributed by atoms with van der Waals surface area (Å²) in [6.07, 6.45) is 3.09. The fourth-order valence-electron chi connectivity index (χ4n) is 3.16. The topological polar surface area (TPSA) is 78.9 Å². The third-order valence-corrected chi connectivity index (χ3v) is 4.83. The van der Waals surface area contributed by atoms with Crippen molar-refractivity contribution in [1.82, 2.24) is 10.2 Å². The molecule has 1 heterocycles. The number of β-amino-alcohol motifs (C(OH)–C–C–N with tert-alkyl or cyclic N) is 1. The number of benzene rings is 1. The monoisotopic (exact) mass is 362 g/mol. The van der Waals surface area contributed by atoms with E-state index in [9.17, 15) is 14.7 Å². The van der Waals surface area contributed by atoms with E-state index in [0.717, 1.165) is 31.2 Å². The molecule has 1 aromatic rings. The minimum Gasteiger partial charge on any atom is -0.445 e. The highest BCUT2D eigenvalue weighted by Gasteiger charge is 2.32. The minimum atomic E-state index is -0.415. The van der Waals surface area contributed by atoms with Crippen LogP contribution in [0.4, 0.5) is 4.79 Å². The van der Waals surface area contributed by atoms with Crippen molar-refractivity contribution in [3.8, 4) is 0 Å². The molecule has 0 aromatic heterocycles. The number of hydrogen-bond donors (Lipinski definition) is 2. The Hall–Kier alpha value is -2.08. The van der Waals surface area contributed by atoms with E-state index in [1.165, 1.54) is 0 Å². The molecule has 0 bridgehead atoms. The maximum Gasteiger partial charge on any atom is 0.407 e. The largest absolute Gasteiger partial charge is 0.445 e. The van der Waals surface area contributed by atoms with Crippen LogP contribution in [0.25, 0.3) is 0 Å². The van der Waals surface area contributed by atoms with Gasteiger partial charge in [-0.3, -0.25) is 4.79 Å². The van der Waals surface area contributed by atoms with Gasteiger partial charge in [-0.15, -0.1) is 0 Å². The van der Waals surface area contributed by atoms with E-state index < -0.39 is 6.09 Å². The predicted octanol–water partition coefficient (Wildman–Crippen LogP) is 2.70. The average Bonchev–Trinajstić information content (AvgIpc) is 3.04. The van der Waals surface area contributed by atoms with Crippen molar-refractivity contribution in [2.24, 2.45) is 5.92 Å². The molecule has 144 valence electrons. The number of carbonyl (C=O) groups is 2. The molecule has 1 aliphatic rings. The van der Waals surface area contributed by atoms with Gasteiger partial charge in [-0.1, -0.05) is 43.7 Å². The predicted molar refractivity (Wildman–Crippen MR) is 99.5 cm³/mol. The molecule has 2 atom stereocenters. The van der Waals surface area contributed by atoms with Crippen LogP contribution in [0.5, 0.6) is 0 Å². The molecule has 26 heavy (non-hydrogen) atoms. The van der Waals surface area contributed by atoms with E-state index in [4.69, 9.17) is 4.74 Å². The second-order valence-electron chi connectivity index (χ2n) is 6.83. The van der Waals surface area contributed by atoms with E-state index in [0.29, 0.717) is 26.1 Å². The Morgan fingerprint density at radius 2 is 1.96 bits per heavy atom. The van der Waals surface area contributed by atoms with Gasteiger partial charge in [-0.2, -0.15) is 0 Å². The second-order valence-corrected chi connectivity index (χ2v) is 6.83. The molecular formula is C20H30N2O4. The molecule has 0 unspecified atom stereocenters. The summed E-state index contributed by atoms with van der Waals surface area (Å²) in [5, 5.41) is 12.6. The summed E-state index contributed by atoms with van der Waals surface area (Å²) in [6.45, 7) is 3.99. The van der Waals surface area contributed by atoms with Crippen LogP contribution >= 0.6 is 0 Å². The molecule has 0 saturated carbocycles. The van der Waals surface area contributed by atoms with Gasteiger partial charge in [-0.25, -0.2) is 4.79 Å². The molecule has 0 spiro atoms. The highest BCUT2D eigenvalue weighted by atomic mass is 16.5. The first kappa shape index (κ1) is 20.2. The quantitative estimate of drug-likeness (QED) is 0.662. The van der Waals surface area contributed by atoms with Gasteiger partial charge in [0.05, 0.1) is 6.10 Å². The SMILES string of the molecule is CC[C@H]1CN(C(=O)CCCCCNC(=O)OCc2ccccc2)C[C@@H]1O. The smallest absolute Gasteiger partial charge is 0.407 e. The molecule has 6 heteroatoms. The molecular weight excluding hydrogens is 332 g/mol. The summed E-state index contributed by atoms with van der Waals surface area (Å²) in [7, 11) is 0. The highest BCUT2D eigenvalue weighted by Crippen LogP contribution is 2.21. The summed E-state index contributed by atoms with van der Waals surface area (Å²) in [6, 6.07) is 9.55. The molecule has 1 saturated heterocycles. The van der Waals surface area contributed by atoms with Crippen molar-refractivity contribution >= 4 is 12.0 Å². The normalized spacial score (nSPS) is 19.4. The minimum absolute atomic E-state index is 0.121. The van der Waals surface area contributed by atoms with Crippen LogP contribution in [0.1, 0.15) is 44.6 Å². The summed E-state index contributed by atoms with van der Waals surface area (Å²) in [5.74, 6) is 0.334. The van der Waals surface area contributed by atoms with Crippen LogP contribution in [-0.4, -0.2) is 47.7 Å². The number of nitrogens with zero attached hydrogens (tertiary/aromatic N) is 1. The molecule has 2 N–H and O–H groups in total. The van der Waals surface area contributed by atoms with Gasteiger partial charge < -0.3 is 20.1 Å². The lowest BCUT2D eigenvalue weighted by Crippen LogP contribution is -2.29. The van der Waals surface area contributed by atoms with Crippen LogP contribution in [0.2, 0.25) is 0 Å². The maximum atomic E-state index is 12.1. The first-order valence-corrected chi connectivity index (χ1v) is 9.50. The van der Waals surface area contributed by atoms with Gasteiger partial charge in [0, 0.05) is 32.0 Å². The van der Waals surface area contributed by atoms with E-state index >= 15 is 0 Å². The van der Waals surface area contributed by atoms with Crippen molar-refractivity contribution in [2.75, 3.05) is 19.6 Å². The van der Waals surface area contributed by atoms with E-state index in [1.807, 2.05) is 37.3 Å². The van der Waals surface area contributed by atoms with Crippen molar-refractivity contribution in [1.29, 1.82) is 0 Å². The fourth-order valence-corrected chi connectivity index (χ4v) is 3.16. The third kappa shape index (κ3) is 6.67. The standard InChI is InChI=1S/C20H30N2O4/c1-2-17-13-22(14-18(17)23)19(24)11-7-4-8-12-21-20(25)26-15-16-9-5-3-6-10-16/h3,5-6,9-10,17-18,23H,2,4,7-8,11-15H2,1H3,(H,21,25)/t17-,18-/m0/s1. The zero-order chi connectivity index (χ0) is 18.8. The number of alkyl carbamates (subject to hydrolysis) is 1. The fraction of sp³-hybridized carbons (Fsp3) is 0.600. The van der Waals surface area contributed by atoms with E-state index in [-0.39, 0.29) is 24.5 Å². The van der Waals surface area contributed by atoms with Crippen LogP contribution in [0.3, 0.4) is 0 Å². The van der Waals surface area contributed by atoms with Crippen molar-refractivity contribution in [2.45, 2.75) is 51.7 Å². The molecule has 1 fully saturated rings. The van der Waals surface area contributed by atoms with Crippen molar-refractivity contribution in [3.05, 3.63) is 35.9 Å². The number of nitrogens with one attached hydrogen (secondary N) is 1. The van der Waals surface area contributed by atoms with E-state index in [1.54, 1.807) is 4.90 Å². The van der Waals surface area contributed by atoms with Gasteiger partial charge in [0.15, 0.2) is 0 Å². The lowest BCUT2D eigenvalue weighted by atomic mass is 10.0. The van der Waals surface area contributed by atoms with Gasteiger partial charge in [0.2, 0.25) is 5.91 Å². The second kappa shape index (κ2) is 10.8. The zero-order valence-electron chi connectivity index (χ0n) is 15.5. The lowest BCUT2D eigenvalue weighted by molar-refractivity contribution is -0.130. The molecule has 1 aromatic carbocycles. The molecule has 6 nitrogen and oxygen atoms in total. The number of ether oxygens (including phenoxy) is 1. The average molecular weight is 362 g/mol. The van der Waals surface area contributed by atoms with Gasteiger partial charge in [0.25, 0.3) is 0 Å². The van der Waals surface area contributed by atoms with Gasteiger partial charge in [-0.05, 0) is 24.8 Å². The van der Waals surface area contributed by atoms with Crippen LogP contribution in [0, 0.1) is 5.92 Å². The number of rotatable bonds is 9. The first-order valence-electron chi connectivity index (χ1n) is 9.50. The molecule has 2 amide bonds. The summed E-state index contributed by atoms with van der Waals surface area (Å²) in [5.41, 5.74) is 0.957. The number of aliphatic hydroxyl groups excluding tert-OH is 1. The summed E-state index contributed by atoms with van der Waals surface area (Å²) < 4.78 is 5.14. The third-order valence-electron chi connectivity index (χ3n) is 4.83. The Labute approximate surface area is 155 Å². The number of likely N-dealkylation sites (tertiary alicyclic amines) is 1. The number of unbranched alkanes of at least 4 members (excludes halogenated alkanes) is 2. The van der Waals surface area contributed by atoms with Gasteiger partial charge >= 0.3 is 6.09 Å². The number of aliphatic hydroxyl groups is 1. The first-order chi connectivity index (χ1) is 12.6. The number of amides is 2. The van der Waals surface area contributed by atoms with Crippen LogP contribution in [-0.2, 0) is 16.1 Å². The Morgan fingerprint density at radius 1 is 1.19 bits per heavy atom. The molecule has 1 aliphatic heterocycles. The molecule has 0 aliphatic carbocycles. The maximum absolute atomic E-state index is 12.1. The summed E-state index contributed by atoms with van der Waals surface area (Å²) >= 11 is 0. The van der Waals surface area contributed by atoms with Crippen LogP contribution in [0.15, 0.2) is 30.3 Å². The summed E-state index contributed by atoms with van der Waals surface area (Å²) in [4.78, 5) is 25.5. The van der Waals surface area contributed by atoms with Gasteiger partial charge in [0.1, 0.15) is 6.61 Å². The van der Waals surface area contributed by atoms with Crippen molar-refractivity contribution in [3.63, 3.8) is 0 Å². The molecule has 2 rings (SSSR count). The molecule has 0 radical (unpaired) electrons. The Bertz CT molecular complexity index is 564. The number of hydrogen-bond acceptors (Lipinski definition) is 4. The zero-order valence-corrected chi connectivity index (χ0v) is 15.5. The van der Waals surface area contributed by atoms with Crippen LogP contribution < -0.4 is 5.32 Å². The lowest BCUT2D eigenvalue weighted by Gasteiger charge is -2.15. The van der Waals surface area contributed by atoms with Crippen molar-refractivity contribution < 1.29 is 19.4 Å².